The highest BCUT2D eigenvalue weighted by molar-refractivity contribution is 6.18. The van der Waals surface area contributed by atoms with Crippen LogP contribution in [-0.4, -0.2) is 40.5 Å². The van der Waals surface area contributed by atoms with Gasteiger partial charge in [0.25, 0.3) is 0 Å². The molecule has 5 nitrogen and oxygen atoms in total. The summed E-state index contributed by atoms with van der Waals surface area (Å²) in [6, 6.07) is 9.17. The van der Waals surface area contributed by atoms with Gasteiger partial charge in [-0.15, -0.1) is 11.6 Å². The van der Waals surface area contributed by atoms with Gasteiger partial charge in [0, 0.05) is 25.0 Å². The van der Waals surface area contributed by atoms with E-state index in [1.807, 2.05) is 30.3 Å². The van der Waals surface area contributed by atoms with E-state index in [1.54, 1.807) is 18.7 Å². The highest BCUT2D eigenvalue weighted by atomic mass is 35.5. The number of amides is 2. The molecule has 0 saturated heterocycles. The number of halogens is 1. The predicted molar refractivity (Wildman–Crippen MR) is 82.4 cm³/mol. The molecule has 0 spiro atoms. The maximum Gasteiger partial charge on any atom is 0.404 e. The van der Waals surface area contributed by atoms with Crippen LogP contribution in [0.5, 0.6) is 0 Å². The molecule has 2 amide bonds. The number of benzene rings is 1. The molecule has 1 aromatic carbocycles. The number of rotatable bonds is 7. The van der Waals surface area contributed by atoms with Crippen molar-refractivity contribution in [2.75, 3.05) is 12.4 Å². The van der Waals surface area contributed by atoms with E-state index in [-0.39, 0.29) is 5.91 Å². The quantitative estimate of drug-likeness (QED) is 0.760. The molecule has 0 aliphatic rings. The zero-order chi connectivity index (χ0) is 15.8. The van der Waals surface area contributed by atoms with Crippen LogP contribution in [0, 0.1) is 5.92 Å². The molecule has 0 fully saturated rings. The SMILES string of the molecule is CC(NC(=O)O)C(C)C(=O)N(CCCl)Cc1ccccc1. The molecule has 1 aromatic rings. The van der Waals surface area contributed by atoms with Crippen LogP contribution in [0.4, 0.5) is 4.79 Å². The molecule has 0 bridgehead atoms. The minimum absolute atomic E-state index is 0.110. The Morgan fingerprint density at radius 3 is 2.43 bits per heavy atom. The summed E-state index contributed by atoms with van der Waals surface area (Å²) in [5, 5.41) is 11.1. The second kappa shape index (κ2) is 8.52. The number of carbonyl (C=O) groups excluding carboxylic acids is 1. The Bertz CT molecular complexity index is 467. The molecule has 21 heavy (non-hydrogen) atoms. The smallest absolute Gasteiger partial charge is 0.404 e. The highest BCUT2D eigenvalue weighted by Gasteiger charge is 2.26. The number of nitrogens with zero attached hydrogens (tertiary/aromatic N) is 1. The van der Waals surface area contributed by atoms with Crippen LogP contribution >= 0.6 is 11.6 Å². The Labute approximate surface area is 129 Å². The second-order valence-electron chi connectivity index (χ2n) is 4.96. The van der Waals surface area contributed by atoms with Crippen molar-refractivity contribution in [3.05, 3.63) is 35.9 Å². The van der Waals surface area contributed by atoms with Crippen LogP contribution < -0.4 is 5.32 Å². The first kappa shape index (κ1) is 17.3. The number of alkyl halides is 1. The Morgan fingerprint density at radius 2 is 1.90 bits per heavy atom. The van der Waals surface area contributed by atoms with Gasteiger partial charge in [-0.1, -0.05) is 37.3 Å². The molecule has 2 unspecified atom stereocenters. The summed E-state index contributed by atoms with van der Waals surface area (Å²) in [6.45, 7) is 4.29. The van der Waals surface area contributed by atoms with E-state index in [0.717, 1.165) is 5.56 Å². The van der Waals surface area contributed by atoms with E-state index < -0.39 is 18.1 Å². The fraction of sp³-hybridized carbons (Fsp3) is 0.467. The zero-order valence-corrected chi connectivity index (χ0v) is 13.0. The third-order valence-corrected chi connectivity index (χ3v) is 3.54. The molecule has 0 saturated carbocycles. The molecule has 1 rings (SSSR count). The van der Waals surface area contributed by atoms with Gasteiger partial charge in [-0.2, -0.15) is 0 Å². The largest absolute Gasteiger partial charge is 0.465 e. The molecule has 116 valence electrons. The van der Waals surface area contributed by atoms with Gasteiger partial charge in [-0.25, -0.2) is 4.79 Å². The van der Waals surface area contributed by atoms with Crippen LogP contribution in [0.15, 0.2) is 30.3 Å². The van der Waals surface area contributed by atoms with Gasteiger partial charge in [0.15, 0.2) is 0 Å². The molecule has 0 aliphatic carbocycles. The first-order chi connectivity index (χ1) is 9.95. The van der Waals surface area contributed by atoms with Crippen molar-refractivity contribution in [1.82, 2.24) is 10.2 Å². The summed E-state index contributed by atoms with van der Waals surface area (Å²) in [5.74, 6) is -0.222. The second-order valence-corrected chi connectivity index (χ2v) is 5.34. The van der Waals surface area contributed by atoms with Gasteiger partial charge in [0.2, 0.25) is 5.91 Å². The summed E-state index contributed by atoms with van der Waals surface area (Å²) >= 11 is 5.77. The van der Waals surface area contributed by atoms with E-state index in [9.17, 15) is 9.59 Å². The standard InChI is InChI=1S/C15H21ClN2O3/c1-11(12(2)17-15(20)21)14(19)18(9-8-16)10-13-6-4-3-5-7-13/h3-7,11-12,17H,8-10H2,1-2H3,(H,20,21). The maximum atomic E-state index is 12.5. The predicted octanol–water partition coefficient (Wildman–Crippen LogP) is 2.55. The molecule has 0 aliphatic heterocycles. The fourth-order valence-electron chi connectivity index (χ4n) is 1.99. The third kappa shape index (κ3) is 5.63. The van der Waals surface area contributed by atoms with Crippen LogP contribution in [0.2, 0.25) is 0 Å². The van der Waals surface area contributed by atoms with Crippen LogP contribution in [0.1, 0.15) is 19.4 Å². The van der Waals surface area contributed by atoms with Gasteiger partial charge in [0.1, 0.15) is 0 Å². The van der Waals surface area contributed by atoms with Crippen molar-refractivity contribution in [3.8, 4) is 0 Å². The van der Waals surface area contributed by atoms with Gasteiger partial charge in [-0.3, -0.25) is 4.79 Å². The minimum Gasteiger partial charge on any atom is -0.465 e. The Kier molecular flexibility index (Phi) is 7.02. The van der Waals surface area contributed by atoms with E-state index in [1.165, 1.54) is 0 Å². The Hall–Kier alpha value is -1.75. The van der Waals surface area contributed by atoms with E-state index in [4.69, 9.17) is 16.7 Å². The van der Waals surface area contributed by atoms with Gasteiger partial charge in [-0.05, 0) is 12.5 Å². The summed E-state index contributed by atoms with van der Waals surface area (Å²) < 4.78 is 0. The van der Waals surface area contributed by atoms with E-state index >= 15 is 0 Å². The van der Waals surface area contributed by atoms with E-state index in [2.05, 4.69) is 5.32 Å². The van der Waals surface area contributed by atoms with Crippen molar-refractivity contribution < 1.29 is 14.7 Å². The summed E-state index contributed by atoms with van der Waals surface area (Å²) in [6.07, 6.45) is -1.13. The van der Waals surface area contributed by atoms with Crippen LogP contribution in [0.25, 0.3) is 0 Å². The van der Waals surface area contributed by atoms with Gasteiger partial charge in [0.05, 0.1) is 5.92 Å². The summed E-state index contributed by atoms with van der Waals surface area (Å²) in [5.41, 5.74) is 1.02. The first-order valence-electron chi connectivity index (χ1n) is 6.83. The summed E-state index contributed by atoms with van der Waals surface area (Å²) in [4.78, 5) is 24.8. The lowest BCUT2D eigenvalue weighted by atomic mass is 10.0. The minimum atomic E-state index is -1.13. The number of hydrogen-bond donors (Lipinski definition) is 2. The highest BCUT2D eigenvalue weighted by Crippen LogP contribution is 2.12. The number of hydrogen-bond acceptors (Lipinski definition) is 2. The number of carbonyl (C=O) groups is 2. The monoisotopic (exact) mass is 312 g/mol. The van der Waals surface area contributed by atoms with Gasteiger partial charge >= 0.3 is 6.09 Å². The van der Waals surface area contributed by atoms with Crippen LogP contribution in [0.3, 0.4) is 0 Å². The third-order valence-electron chi connectivity index (χ3n) is 3.37. The zero-order valence-electron chi connectivity index (χ0n) is 12.3. The average Bonchev–Trinajstić information content (AvgIpc) is 2.45. The van der Waals surface area contributed by atoms with Crippen LogP contribution in [-0.2, 0) is 11.3 Å². The Morgan fingerprint density at radius 1 is 1.29 bits per heavy atom. The molecule has 0 aromatic heterocycles. The van der Waals surface area contributed by atoms with E-state index in [0.29, 0.717) is 19.0 Å². The molecule has 0 radical (unpaired) electrons. The molecule has 0 heterocycles. The van der Waals surface area contributed by atoms with Crippen molar-refractivity contribution in [2.45, 2.75) is 26.4 Å². The lowest BCUT2D eigenvalue weighted by molar-refractivity contribution is -0.136. The van der Waals surface area contributed by atoms with Crippen molar-refractivity contribution in [2.24, 2.45) is 5.92 Å². The summed E-state index contributed by atoms with van der Waals surface area (Å²) in [7, 11) is 0. The van der Waals surface area contributed by atoms with Gasteiger partial charge < -0.3 is 15.3 Å². The number of carboxylic acid groups (broad SMARTS) is 1. The normalized spacial score (nSPS) is 13.3. The lowest BCUT2D eigenvalue weighted by Crippen LogP contribution is -2.45. The molecule has 6 heteroatoms. The Balaban J connectivity index is 2.74. The first-order valence-corrected chi connectivity index (χ1v) is 7.37. The number of nitrogens with one attached hydrogen (secondary N) is 1. The topological polar surface area (TPSA) is 69.6 Å². The molecule has 2 atom stereocenters. The molecular weight excluding hydrogens is 292 g/mol. The lowest BCUT2D eigenvalue weighted by Gasteiger charge is -2.28. The van der Waals surface area contributed by atoms with Crippen molar-refractivity contribution >= 4 is 23.6 Å². The van der Waals surface area contributed by atoms with Crippen molar-refractivity contribution in [3.63, 3.8) is 0 Å². The molecule has 2 N–H and O–H groups in total. The molecular formula is C15H21ClN2O3. The maximum absolute atomic E-state index is 12.5. The average molecular weight is 313 g/mol. The fourth-order valence-corrected chi connectivity index (χ4v) is 2.20. The van der Waals surface area contributed by atoms with Crippen molar-refractivity contribution in [1.29, 1.82) is 0 Å².